The molecule has 0 aliphatic carbocycles. The average molecular weight is 437 g/mol. The van der Waals surface area contributed by atoms with Gasteiger partial charge in [0.1, 0.15) is 4.34 Å². The van der Waals surface area contributed by atoms with Crippen LogP contribution in [0.4, 0.5) is 5.13 Å². The van der Waals surface area contributed by atoms with Gasteiger partial charge in [-0.1, -0.05) is 35.1 Å². The first-order chi connectivity index (χ1) is 13.8. The molecule has 1 aliphatic heterocycles. The molecular weight excluding hydrogens is 416 g/mol. The third kappa shape index (κ3) is 8.02. The zero-order valence-corrected chi connectivity index (χ0v) is 17.1. The summed E-state index contributed by atoms with van der Waals surface area (Å²) in [4.78, 5) is 30.2. The summed E-state index contributed by atoms with van der Waals surface area (Å²) in [5.41, 5.74) is 8.89. The van der Waals surface area contributed by atoms with E-state index in [1.807, 2.05) is 18.3 Å². The Morgan fingerprint density at radius 3 is 2.55 bits per heavy atom. The van der Waals surface area contributed by atoms with Crippen LogP contribution < -0.4 is 5.73 Å². The van der Waals surface area contributed by atoms with E-state index < -0.39 is 11.9 Å². The van der Waals surface area contributed by atoms with Gasteiger partial charge in [0.05, 0.1) is 5.69 Å². The molecule has 2 aromatic rings. The van der Waals surface area contributed by atoms with Crippen LogP contribution in [-0.4, -0.2) is 56.7 Å². The van der Waals surface area contributed by atoms with Crippen LogP contribution in [0.15, 0.2) is 42.6 Å². The van der Waals surface area contributed by atoms with Crippen LogP contribution in [0.3, 0.4) is 0 Å². The number of hydrogen-bond acceptors (Lipinski definition) is 7. The van der Waals surface area contributed by atoms with Gasteiger partial charge in [0.15, 0.2) is 5.13 Å². The second-order valence-electron chi connectivity index (χ2n) is 6.05. The number of nitrogens with two attached hydrogens (primary N) is 1. The largest absolute Gasteiger partial charge is 0.478 e. The highest BCUT2D eigenvalue weighted by Crippen LogP contribution is 2.32. The Balaban J connectivity index is 0.000000321. The molecule has 8 nitrogen and oxygen atoms in total. The van der Waals surface area contributed by atoms with E-state index >= 15 is 0 Å². The Labute approximate surface area is 177 Å². The van der Waals surface area contributed by atoms with Crippen molar-refractivity contribution < 1.29 is 19.8 Å². The molecule has 0 fully saturated rings. The zero-order chi connectivity index (χ0) is 21.2. The fourth-order valence-electron chi connectivity index (χ4n) is 2.64. The molecule has 0 atom stereocenters. The molecule has 10 heteroatoms. The number of rotatable bonds is 6. The lowest BCUT2D eigenvalue weighted by Crippen LogP contribution is -2.31. The minimum atomic E-state index is -1.26. The van der Waals surface area contributed by atoms with Gasteiger partial charge in [0.2, 0.25) is 0 Å². The van der Waals surface area contributed by atoms with Crippen molar-refractivity contribution in [3.05, 3.63) is 58.3 Å². The fourth-order valence-corrected chi connectivity index (χ4v) is 3.64. The molecule has 154 valence electrons. The molecule has 0 radical (unpaired) electrons. The number of hydrogen-bond donors (Lipinski definition) is 3. The molecule has 0 saturated heterocycles. The Kier molecular flexibility index (Phi) is 8.78. The van der Waals surface area contributed by atoms with Gasteiger partial charge in [0.25, 0.3) is 0 Å². The Morgan fingerprint density at radius 1 is 1.28 bits per heavy atom. The van der Waals surface area contributed by atoms with Gasteiger partial charge in [-0.05, 0) is 24.1 Å². The quantitative estimate of drug-likeness (QED) is 0.589. The number of thiazole rings is 1. The molecule has 0 spiro atoms. The number of carboxylic acids is 2. The molecule has 0 saturated carbocycles. The van der Waals surface area contributed by atoms with E-state index in [1.165, 1.54) is 16.9 Å². The summed E-state index contributed by atoms with van der Waals surface area (Å²) in [6, 6.07) is 6.04. The summed E-state index contributed by atoms with van der Waals surface area (Å²) in [7, 11) is 0. The van der Waals surface area contributed by atoms with E-state index in [2.05, 4.69) is 27.0 Å². The van der Waals surface area contributed by atoms with Crippen molar-refractivity contribution in [3.8, 4) is 0 Å². The SMILES string of the molecule is Nc1nc(C2=CCCN(CCc3ccccn3)C2)c(Cl)s1.O=C(O)/C=C/C(=O)O. The zero-order valence-electron chi connectivity index (χ0n) is 15.5. The van der Waals surface area contributed by atoms with E-state index in [9.17, 15) is 9.59 Å². The predicted octanol–water partition coefficient (Wildman–Crippen LogP) is 2.82. The van der Waals surface area contributed by atoms with Crippen molar-refractivity contribution >= 4 is 45.6 Å². The van der Waals surface area contributed by atoms with Gasteiger partial charge in [-0.15, -0.1) is 0 Å². The van der Waals surface area contributed by atoms with Crippen LogP contribution in [-0.2, 0) is 16.0 Å². The van der Waals surface area contributed by atoms with Crippen LogP contribution in [0.2, 0.25) is 4.34 Å². The van der Waals surface area contributed by atoms with Crippen LogP contribution in [0.5, 0.6) is 0 Å². The number of pyridine rings is 1. The molecule has 2 aromatic heterocycles. The molecule has 0 unspecified atom stereocenters. The van der Waals surface area contributed by atoms with E-state index in [-0.39, 0.29) is 0 Å². The third-order valence-corrected chi connectivity index (χ3v) is 5.00. The molecule has 0 bridgehead atoms. The molecule has 29 heavy (non-hydrogen) atoms. The molecule has 3 rings (SSSR count). The number of nitrogens with zero attached hydrogens (tertiary/aromatic N) is 3. The van der Waals surface area contributed by atoms with E-state index in [4.69, 9.17) is 27.5 Å². The first kappa shape index (κ1) is 22.5. The third-order valence-electron chi connectivity index (χ3n) is 3.92. The van der Waals surface area contributed by atoms with Crippen molar-refractivity contribution in [1.82, 2.24) is 14.9 Å². The molecule has 4 N–H and O–H groups in total. The highest BCUT2D eigenvalue weighted by atomic mass is 35.5. The van der Waals surface area contributed by atoms with Crippen molar-refractivity contribution in [2.75, 3.05) is 25.4 Å². The summed E-state index contributed by atoms with van der Waals surface area (Å²) < 4.78 is 0.685. The van der Waals surface area contributed by atoms with Gasteiger partial charge in [-0.3, -0.25) is 9.88 Å². The van der Waals surface area contributed by atoms with Crippen molar-refractivity contribution in [2.45, 2.75) is 12.8 Å². The van der Waals surface area contributed by atoms with Gasteiger partial charge in [-0.25, -0.2) is 14.6 Å². The lowest BCUT2D eigenvalue weighted by Gasteiger charge is -2.26. The maximum Gasteiger partial charge on any atom is 0.328 e. The summed E-state index contributed by atoms with van der Waals surface area (Å²) in [6.07, 6.45) is 7.16. The van der Waals surface area contributed by atoms with Crippen molar-refractivity contribution in [3.63, 3.8) is 0 Å². The minimum Gasteiger partial charge on any atom is -0.478 e. The Morgan fingerprint density at radius 2 is 2.00 bits per heavy atom. The first-order valence-electron chi connectivity index (χ1n) is 8.72. The number of anilines is 1. The van der Waals surface area contributed by atoms with Gasteiger partial charge < -0.3 is 15.9 Å². The Hall–Kier alpha value is -2.75. The maximum absolute atomic E-state index is 9.55. The number of aliphatic carboxylic acids is 2. The maximum atomic E-state index is 9.55. The number of carboxylic acid groups (broad SMARTS) is 2. The fraction of sp³-hybridized carbons (Fsp3) is 0.263. The van der Waals surface area contributed by atoms with E-state index in [1.54, 1.807) is 0 Å². The molecule has 0 amide bonds. The first-order valence-corrected chi connectivity index (χ1v) is 9.92. The molecular formula is C19H21ClN4O4S. The highest BCUT2D eigenvalue weighted by molar-refractivity contribution is 7.19. The van der Waals surface area contributed by atoms with Crippen molar-refractivity contribution in [1.29, 1.82) is 0 Å². The number of carbonyl (C=O) groups is 2. The van der Waals surface area contributed by atoms with Crippen LogP contribution >= 0.6 is 22.9 Å². The smallest absolute Gasteiger partial charge is 0.328 e. The van der Waals surface area contributed by atoms with E-state index in [0.29, 0.717) is 21.6 Å². The molecule has 0 aromatic carbocycles. The van der Waals surface area contributed by atoms with Gasteiger partial charge in [-0.2, -0.15) is 0 Å². The minimum absolute atomic E-state index is 0.529. The molecule has 1 aliphatic rings. The lowest BCUT2D eigenvalue weighted by atomic mass is 10.1. The second kappa shape index (κ2) is 11.3. The number of halogens is 1. The summed E-state index contributed by atoms with van der Waals surface area (Å²) in [5, 5.41) is 16.2. The summed E-state index contributed by atoms with van der Waals surface area (Å²) in [5.74, 6) is -2.51. The van der Waals surface area contributed by atoms with Gasteiger partial charge >= 0.3 is 11.9 Å². The van der Waals surface area contributed by atoms with E-state index in [0.717, 1.165) is 43.9 Å². The summed E-state index contributed by atoms with van der Waals surface area (Å²) in [6.45, 7) is 2.93. The summed E-state index contributed by atoms with van der Waals surface area (Å²) >= 11 is 7.54. The highest BCUT2D eigenvalue weighted by Gasteiger charge is 2.18. The van der Waals surface area contributed by atoms with Gasteiger partial charge in [0, 0.05) is 50.1 Å². The van der Waals surface area contributed by atoms with Crippen LogP contribution in [0.1, 0.15) is 17.8 Å². The monoisotopic (exact) mass is 436 g/mol. The number of aromatic nitrogens is 2. The second-order valence-corrected chi connectivity index (χ2v) is 7.68. The van der Waals surface area contributed by atoms with Crippen molar-refractivity contribution in [2.24, 2.45) is 0 Å². The topological polar surface area (TPSA) is 130 Å². The standard InChI is InChI=1S/C15H17ClN4S.C4H4O4/c16-14-13(19-15(17)21-14)11-4-3-8-20(10-11)9-6-12-5-1-2-7-18-12;5-3(6)1-2-4(7)8/h1-2,4-5,7H,3,6,8-10H2,(H2,17,19);1-2H,(H,5,6)(H,7,8)/b;2-1+. The van der Waals surface area contributed by atoms with Crippen LogP contribution in [0.25, 0.3) is 5.57 Å². The normalized spacial score (nSPS) is 14.2. The lowest BCUT2D eigenvalue weighted by molar-refractivity contribution is -0.134. The Bertz CT molecular complexity index is 883. The van der Waals surface area contributed by atoms with Crippen LogP contribution in [0, 0.1) is 0 Å². The predicted molar refractivity (Wildman–Crippen MR) is 113 cm³/mol. The molecule has 3 heterocycles. The average Bonchev–Trinajstić information content (AvgIpc) is 3.04. The number of nitrogen functional groups attached to an aromatic ring is 1.